The monoisotopic (exact) mass is 503 g/mol. The fourth-order valence-corrected chi connectivity index (χ4v) is 4.47. The van der Waals surface area contributed by atoms with E-state index in [2.05, 4.69) is 0 Å². The summed E-state index contributed by atoms with van der Waals surface area (Å²) in [6, 6.07) is 20.0. The number of ether oxygens (including phenoxy) is 1. The highest BCUT2D eigenvalue weighted by molar-refractivity contribution is 8.18. The Bertz CT molecular complexity index is 1210. The van der Waals surface area contributed by atoms with Crippen molar-refractivity contribution in [2.45, 2.75) is 13.2 Å². The molecule has 0 aliphatic carbocycles. The van der Waals surface area contributed by atoms with Gasteiger partial charge in [0.25, 0.3) is 11.1 Å². The normalized spacial score (nSPS) is 15.0. The Kier molecular flexibility index (Phi) is 7.11. The van der Waals surface area contributed by atoms with Gasteiger partial charge in [0.15, 0.2) is 0 Å². The van der Waals surface area contributed by atoms with Crippen LogP contribution >= 0.6 is 46.6 Å². The minimum absolute atomic E-state index is 0.117. The summed E-state index contributed by atoms with van der Waals surface area (Å²) in [7, 11) is 0. The summed E-state index contributed by atoms with van der Waals surface area (Å²) in [5, 5.41) is 0.861. The molecule has 4 rings (SSSR count). The fraction of sp³-hybridized carbons (Fsp3) is 0.0833. The van der Waals surface area contributed by atoms with Crippen molar-refractivity contribution in [2.24, 2.45) is 0 Å². The molecule has 0 atom stereocenters. The molecule has 0 radical (unpaired) electrons. The van der Waals surface area contributed by atoms with Crippen molar-refractivity contribution in [1.29, 1.82) is 0 Å². The topological polar surface area (TPSA) is 46.6 Å². The zero-order chi connectivity index (χ0) is 22.7. The molecule has 32 heavy (non-hydrogen) atoms. The first-order chi connectivity index (χ1) is 15.4. The summed E-state index contributed by atoms with van der Waals surface area (Å²) >= 11 is 19.2. The molecule has 0 spiro atoms. The summed E-state index contributed by atoms with van der Waals surface area (Å²) in [5.74, 6) is 0.173. The van der Waals surface area contributed by atoms with Crippen LogP contribution in [0.5, 0.6) is 5.75 Å². The molecule has 8 heteroatoms. The number of amides is 2. The standard InChI is InChI=1S/C24H16Cl3NO3S/c25-18-8-6-17(11-19(18)26)13-28-23(29)22(32-24(28)30)12-16-7-9-21(20(27)10-16)31-14-15-4-2-1-3-5-15/h1-12H,13-14H2/b22-12-. The van der Waals surface area contributed by atoms with E-state index in [-0.39, 0.29) is 17.7 Å². The Morgan fingerprint density at radius 3 is 2.34 bits per heavy atom. The van der Waals surface area contributed by atoms with Gasteiger partial charge in [-0.05, 0) is 58.8 Å². The Labute approximate surface area is 204 Å². The highest BCUT2D eigenvalue weighted by Gasteiger charge is 2.35. The molecule has 1 aliphatic rings. The average Bonchev–Trinajstić information content (AvgIpc) is 3.04. The van der Waals surface area contributed by atoms with Gasteiger partial charge in [-0.3, -0.25) is 14.5 Å². The number of hydrogen-bond acceptors (Lipinski definition) is 4. The van der Waals surface area contributed by atoms with Crippen molar-refractivity contribution in [2.75, 3.05) is 0 Å². The van der Waals surface area contributed by atoms with Gasteiger partial charge in [-0.1, -0.05) is 77.3 Å². The molecule has 3 aromatic rings. The van der Waals surface area contributed by atoms with Crippen molar-refractivity contribution in [3.8, 4) is 5.75 Å². The molecule has 1 fully saturated rings. The zero-order valence-corrected chi connectivity index (χ0v) is 19.6. The lowest BCUT2D eigenvalue weighted by Gasteiger charge is -2.13. The molecule has 0 saturated carbocycles. The van der Waals surface area contributed by atoms with Crippen LogP contribution in [0.25, 0.3) is 6.08 Å². The van der Waals surface area contributed by atoms with Gasteiger partial charge in [-0.2, -0.15) is 0 Å². The minimum atomic E-state index is -0.369. The van der Waals surface area contributed by atoms with E-state index >= 15 is 0 Å². The van der Waals surface area contributed by atoms with Crippen LogP contribution in [0, 0.1) is 0 Å². The number of halogens is 3. The molecule has 4 nitrogen and oxygen atoms in total. The van der Waals surface area contributed by atoms with Gasteiger partial charge >= 0.3 is 0 Å². The van der Waals surface area contributed by atoms with E-state index in [0.29, 0.717) is 43.5 Å². The summed E-state index contributed by atoms with van der Waals surface area (Å²) in [6.45, 7) is 0.513. The van der Waals surface area contributed by atoms with Gasteiger partial charge in [0.2, 0.25) is 0 Å². The van der Waals surface area contributed by atoms with Gasteiger partial charge < -0.3 is 4.74 Å². The number of hydrogen-bond donors (Lipinski definition) is 0. The van der Waals surface area contributed by atoms with Crippen LogP contribution in [0.2, 0.25) is 15.1 Å². The number of thioether (sulfide) groups is 1. The third kappa shape index (κ3) is 5.30. The van der Waals surface area contributed by atoms with E-state index in [1.165, 1.54) is 4.90 Å². The van der Waals surface area contributed by atoms with Gasteiger partial charge in [-0.15, -0.1) is 0 Å². The van der Waals surface area contributed by atoms with Crippen LogP contribution in [0.4, 0.5) is 4.79 Å². The predicted molar refractivity (Wildman–Crippen MR) is 130 cm³/mol. The Morgan fingerprint density at radius 1 is 0.844 bits per heavy atom. The van der Waals surface area contributed by atoms with Crippen molar-refractivity contribution >= 4 is 63.8 Å². The maximum absolute atomic E-state index is 12.8. The molecule has 2 amide bonds. The third-order valence-corrected chi connectivity index (χ3v) is 6.63. The van der Waals surface area contributed by atoms with Crippen molar-refractivity contribution in [3.05, 3.63) is 103 Å². The molecule has 1 aliphatic heterocycles. The number of carbonyl (C=O) groups is 2. The second-order valence-corrected chi connectivity index (χ2v) is 9.20. The van der Waals surface area contributed by atoms with Crippen LogP contribution in [0.1, 0.15) is 16.7 Å². The molecule has 0 unspecified atom stereocenters. The van der Waals surface area contributed by atoms with E-state index in [1.54, 1.807) is 42.5 Å². The summed E-state index contributed by atoms with van der Waals surface area (Å²) in [6.07, 6.45) is 1.65. The van der Waals surface area contributed by atoms with Crippen molar-refractivity contribution in [1.82, 2.24) is 4.90 Å². The third-order valence-electron chi connectivity index (χ3n) is 4.69. The molecule has 0 N–H and O–H groups in total. The lowest BCUT2D eigenvalue weighted by molar-refractivity contribution is -0.123. The lowest BCUT2D eigenvalue weighted by Crippen LogP contribution is -2.27. The first kappa shape index (κ1) is 22.7. The number of carbonyl (C=O) groups excluding carboxylic acids is 2. The van der Waals surface area contributed by atoms with Gasteiger partial charge in [0.1, 0.15) is 12.4 Å². The first-order valence-electron chi connectivity index (χ1n) is 9.56. The van der Waals surface area contributed by atoms with Gasteiger partial charge in [0, 0.05) is 0 Å². The van der Waals surface area contributed by atoms with Crippen LogP contribution in [-0.2, 0) is 17.9 Å². The molecule has 0 aromatic heterocycles. The second-order valence-electron chi connectivity index (χ2n) is 6.98. The van der Waals surface area contributed by atoms with Gasteiger partial charge in [0.05, 0.1) is 26.5 Å². The number of imide groups is 1. The van der Waals surface area contributed by atoms with E-state index in [9.17, 15) is 9.59 Å². The smallest absolute Gasteiger partial charge is 0.293 e. The largest absolute Gasteiger partial charge is 0.487 e. The minimum Gasteiger partial charge on any atom is -0.487 e. The fourth-order valence-electron chi connectivity index (χ4n) is 3.07. The first-order valence-corrected chi connectivity index (χ1v) is 11.5. The molecular weight excluding hydrogens is 489 g/mol. The van der Waals surface area contributed by atoms with Crippen LogP contribution in [0.3, 0.4) is 0 Å². The highest BCUT2D eigenvalue weighted by Crippen LogP contribution is 2.35. The molecule has 0 bridgehead atoms. The van der Waals surface area contributed by atoms with E-state index < -0.39 is 0 Å². The van der Waals surface area contributed by atoms with Crippen LogP contribution in [-0.4, -0.2) is 16.0 Å². The second kappa shape index (κ2) is 10.0. The Morgan fingerprint density at radius 2 is 1.62 bits per heavy atom. The molecule has 3 aromatic carbocycles. The van der Waals surface area contributed by atoms with E-state index in [0.717, 1.165) is 17.3 Å². The number of benzene rings is 3. The SMILES string of the molecule is O=C1S/C(=C\c2ccc(OCc3ccccc3)c(Cl)c2)C(=O)N1Cc1ccc(Cl)c(Cl)c1. The van der Waals surface area contributed by atoms with Gasteiger partial charge in [-0.25, -0.2) is 0 Å². The lowest BCUT2D eigenvalue weighted by atomic mass is 10.2. The summed E-state index contributed by atoms with van der Waals surface area (Å²) in [5.41, 5.74) is 2.44. The highest BCUT2D eigenvalue weighted by atomic mass is 35.5. The molecule has 1 saturated heterocycles. The summed E-state index contributed by atoms with van der Waals surface area (Å²) < 4.78 is 5.78. The Hall–Kier alpha value is -2.44. The maximum Gasteiger partial charge on any atom is 0.293 e. The van der Waals surface area contributed by atoms with Crippen LogP contribution < -0.4 is 4.74 Å². The van der Waals surface area contributed by atoms with Crippen molar-refractivity contribution in [3.63, 3.8) is 0 Å². The van der Waals surface area contributed by atoms with Crippen LogP contribution in [0.15, 0.2) is 71.6 Å². The van der Waals surface area contributed by atoms with E-state index in [4.69, 9.17) is 39.5 Å². The predicted octanol–water partition coefficient (Wildman–Crippen LogP) is 7.46. The maximum atomic E-state index is 12.8. The molecule has 162 valence electrons. The number of nitrogens with zero attached hydrogens (tertiary/aromatic N) is 1. The van der Waals surface area contributed by atoms with E-state index in [1.807, 2.05) is 30.3 Å². The van der Waals surface area contributed by atoms with Crippen molar-refractivity contribution < 1.29 is 14.3 Å². The Balaban J connectivity index is 1.46. The summed E-state index contributed by atoms with van der Waals surface area (Å²) in [4.78, 5) is 26.7. The molecule has 1 heterocycles. The quantitative estimate of drug-likeness (QED) is 0.327. The zero-order valence-electron chi connectivity index (χ0n) is 16.6. The number of rotatable bonds is 6. The average molecular weight is 505 g/mol. The molecular formula is C24H16Cl3NO3S.